The van der Waals surface area contributed by atoms with Crippen LogP contribution in [-0.4, -0.2) is 0 Å². The number of fused-ring (bicyclic) bond motifs is 11. The Morgan fingerprint density at radius 2 is 0.815 bits per heavy atom. The Kier molecular flexibility index (Phi) is 8.47. The molecule has 0 atom stereocenters. The third kappa shape index (κ3) is 5.54. The maximum atomic E-state index is 2.53. The van der Waals surface area contributed by atoms with Crippen molar-refractivity contribution in [2.75, 3.05) is 9.80 Å². The highest BCUT2D eigenvalue weighted by molar-refractivity contribution is 6.06. The van der Waals surface area contributed by atoms with E-state index in [1.54, 1.807) is 0 Å². The second-order valence-corrected chi connectivity index (χ2v) is 17.2. The van der Waals surface area contributed by atoms with Crippen molar-refractivity contribution in [2.24, 2.45) is 0 Å². The molecule has 1 spiro atoms. The maximum Gasteiger partial charge on any atom is 0.0755 e. The lowest BCUT2D eigenvalue weighted by Crippen LogP contribution is -2.36. The third-order valence-electron chi connectivity index (χ3n) is 13.8. The molecule has 2 heteroatoms. The Morgan fingerprint density at radius 1 is 0.308 bits per heavy atom. The Hall–Kier alpha value is -8.46. The molecule has 0 radical (unpaired) electrons. The van der Waals surface area contributed by atoms with Gasteiger partial charge in [0.1, 0.15) is 0 Å². The standard InChI is InChI=1S/C63H42N2/c1-2-24-46(25-3-1)64-59-37-16-13-33-55(59)63(56-34-14-17-38-60(56)64)54-32-12-10-30-53(54)62-57(63)35-19-39-61(62)65(47-41-40-43-20-4-5-22-45(43)42-47)58-36-15-11-29-52(58)51-28-9-8-27-50(51)49-31-18-23-44-21-6-7-26-48(44)49/h1-42H. The first-order valence-corrected chi connectivity index (χ1v) is 22.5. The quantitative estimate of drug-likeness (QED) is 0.165. The van der Waals surface area contributed by atoms with Crippen molar-refractivity contribution < 1.29 is 0 Å². The molecule has 65 heavy (non-hydrogen) atoms. The number of hydrogen-bond acceptors (Lipinski definition) is 2. The zero-order valence-electron chi connectivity index (χ0n) is 35.6. The topological polar surface area (TPSA) is 6.48 Å². The van der Waals surface area contributed by atoms with Gasteiger partial charge in [-0.05, 0) is 115 Å². The van der Waals surface area contributed by atoms with Crippen LogP contribution >= 0.6 is 0 Å². The van der Waals surface area contributed by atoms with E-state index >= 15 is 0 Å². The second-order valence-electron chi connectivity index (χ2n) is 17.2. The van der Waals surface area contributed by atoms with Crippen LogP contribution in [-0.2, 0) is 5.41 Å². The predicted octanol–water partition coefficient (Wildman–Crippen LogP) is 16.9. The second kappa shape index (κ2) is 14.8. The lowest BCUT2D eigenvalue weighted by atomic mass is 9.64. The number of hydrogen-bond donors (Lipinski definition) is 0. The number of anilines is 6. The fraction of sp³-hybridized carbons (Fsp3) is 0.0159. The van der Waals surface area contributed by atoms with Crippen molar-refractivity contribution in [3.63, 3.8) is 0 Å². The van der Waals surface area contributed by atoms with Gasteiger partial charge in [0.2, 0.25) is 0 Å². The van der Waals surface area contributed by atoms with Crippen molar-refractivity contribution in [3.05, 3.63) is 277 Å². The van der Waals surface area contributed by atoms with Crippen LogP contribution in [0, 0.1) is 0 Å². The molecule has 2 aliphatic rings. The zero-order valence-corrected chi connectivity index (χ0v) is 35.6. The molecule has 11 aromatic rings. The van der Waals surface area contributed by atoms with Crippen LogP contribution in [0.15, 0.2) is 255 Å². The zero-order chi connectivity index (χ0) is 42.9. The van der Waals surface area contributed by atoms with Crippen molar-refractivity contribution >= 4 is 55.7 Å². The molecule has 1 heterocycles. The minimum Gasteiger partial charge on any atom is -0.310 e. The molecule has 0 bridgehead atoms. The average Bonchev–Trinajstić information content (AvgIpc) is 3.68. The summed E-state index contributed by atoms with van der Waals surface area (Å²) in [5.41, 5.74) is 18.7. The normalized spacial score (nSPS) is 13.0. The van der Waals surface area contributed by atoms with E-state index in [-0.39, 0.29) is 0 Å². The van der Waals surface area contributed by atoms with Gasteiger partial charge >= 0.3 is 0 Å². The van der Waals surface area contributed by atoms with Gasteiger partial charge in [-0.1, -0.05) is 206 Å². The Morgan fingerprint density at radius 3 is 1.58 bits per heavy atom. The highest BCUT2D eigenvalue weighted by atomic mass is 15.2. The van der Waals surface area contributed by atoms with Crippen LogP contribution in [0.5, 0.6) is 0 Å². The predicted molar refractivity (Wildman–Crippen MR) is 273 cm³/mol. The molecule has 1 aliphatic heterocycles. The van der Waals surface area contributed by atoms with Gasteiger partial charge < -0.3 is 9.80 Å². The minimum absolute atomic E-state index is 0.587. The summed E-state index contributed by atoms with van der Waals surface area (Å²) >= 11 is 0. The number of nitrogens with zero attached hydrogens (tertiary/aromatic N) is 2. The van der Waals surface area contributed by atoms with Crippen LogP contribution in [0.25, 0.3) is 54.9 Å². The molecular formula is C63H42N2. The van der Waals surface area contributed by atoms with Gasteiger partial charge in [-0.15, -0.1) is 0 Å². The lowest BCUT2D eigenvalue weighted by molar-refractivity contribution is 0.752. The highest BCUT2D eigenvalue weighted by Gasteiger charge is 2.52. The number of rotatable bonds is 6. The molecule has 0 fully saturated rings. The summed E-state index contributed by atoms with van der Waals surface area (Å²) in [6, 6.07) is 94.0. The lowest BCUT2D eigenvalue weighted by Gasteiger charge is -2.45. The highest BCUT2D eigenvalue weighted by Crippen LogP contribution is 2.65. The summed E-state index contributed by atoms with van der Waals surface area (Å²) in [5.74, 6) is 0. The smallest absolute Gasteiger partial charge is 0.0755 e. The average molecular weight is 827 g/mol. The molecule has 304 valence electrons. The Labute approximate surface area is 379 Å². The van der Waals surface area contributed by atoms with Crippen LogP contribution in [0.1, 0.15) is 22.3 Å². The molecule has 0 saturated heterocycles. The van der Waals surface area contributed by atoms with E-state index in [0.717, 1.165) is 28.3 Å². The van der Waals surface area contributed by atoms with Gasteiger partial charge in [0, 0.05) is 22.5 Å². The van der Waals surface area contributed by atoms with Crippen molar-refractivity contribution in [2.45, 2.75) is 5.41 Å². The molecule has 0 aromatic heterocycles. The molecule has 1 aliphatic carbocycles. The van der Waals surface area contributed by atoms with Crippen molar-refractivity contribution in [1.82, 2.24) is 0 Å². The van der Waals surface area contributed by atoms with E-state index in [9.17, 15) is 0 Å². The van der Waals surface area contributed by atoms with Gasteiger partial charge in [-0.2, -0.15) is 0 Å². The molecule has 13 rings (SSSR count). The van der Waals surface area contributed by atoms with E-state index in [0.29, 0.717) is 0 Å². The molecule has 11 aromatic carbocycles. The van der Waals surface area contributed by atoms with E-state index in [2.05, 4.69) is 265 Å². The van der Waals surface area contributed by atoms with Crippen LogP contribution in [0.2, 0.25) is 0 Å². The van der Waals surface area contributed by atoms with Gasteiger partial charge in [-0.25, -0.2) is 0 Å². The number of benzene rings is 11. The first-order valence-electron chi connectivity index (χ1n) is 22.5. The molecular weight excluding hydrogens is 785 g/mol. The summed E-state index contributed by atoms with van der Waals surface area (Å²) in [7, 11) is 0. The monoisotopic (exact) mass is 826 g/mol. The first-order chi connectivity index (χ1) is 32.3. The molecule has 2 nitrogen and oxygen atoms in total. The van der Waals surface area contributed by atoms with Crippen molar-refractivity contribution in [3.8, 4) is 33.4 Å². The van der Waals surface area contributed by atoms with E-state index in [1.807, 2.05) is 0 Å². The molecule has 0 N–H and O–H groups in total. The Bertz CT molecular complexity index is 3590. The van der Waals surface area contributed by atoms with Crippen molar-refractivity contribution in [1.29, 1.82) is 0 Å². The fourth-order valence-corrected chi connectivity index (χ4v) is 11.2. The van der Waals surface area contributed by atoms with E-state index < -0.39 is 5.41 Å². The van der Waals surface area contributed by atoms with Crippen LogP contribution in [0.4, 0.5) is 34.1 Å². The summed E-state index contributed by atoms with van der Waals surface area (Å²) in [5, 5.41) is 4.89. The third-order valence-corrected chi connectivity index (χ3v) is 13.8. The number of para-hydroxylation sites is 4. The molecule has 0 amide bonds. The first kappa shape index (κ1) is 37.1. The van der Waals surface area contributed by atoms with Gasteiger partial charge in [0.05, 0.1) is 28.2 Å². The maximum absolute atomic E-state index is 2.53. The molecule has 0 saturated carbocycles. The fourth-order valence-electron chi connectivity index (χ4n) is 11.2. The van der Waals surface area contributed by atoms with E-state index in [4.69, 9.17) is 0 Å². The summed E-state index contributed by atoms with van der Waals surface area (Å²) in [6.07, 6.45) is 0. The van der Waals surface area contributed by atoms with Gasteiger partial charge in [0.15, 0.2) is 0 Å². The summed E-state index contributed by atoms with van der Waals surface area (Å²) in [6.45, 7) is 0. The Balaban J connectivity index is 1.11. The minimum atomic E-state index is -0.587. The molecule has 0 unspecified atom stereocenters. The van der Waals surface area contributed by atoms with Gasteiger partial charge in [-0.3, -0.25) is 0 Å². The van der Waals surface area contributed by atoms with Crippen LogP contribution < -0.4 is 9.80 Å². The SMILES string of the molecule is c1ccc(N2c3ccccc3C3(c4ccccc4-c4c(N(c5ccc6ccccc6c5)c5ccccc5-c5ccccc5-c5cccc6ccccc56)cccc43)c3ccccc32)cc1. The largest absolute Gasteiger partial charge is 0.310 e. The summed E-state index contributed by atoms with van der Waals surface area (Å²) in [4.78, 5) is 4.98. The van der Waals surface area contributed by atoms with Gasteiger partial charge in [0.25, 0.3) is 0 Å². The van der Waals surface area contributed by atoms with E-state index in [1.165, 1.54) is 83.0 Å². The van der Waals surface area contributed by atoms with Crippen LogP contribution in [0.3, 0.4) is 0 Å². The summed E-state index contributed by atoms with van der Waals surface area (Å²) < 4.78 is 0.